The van der Waals surface area contributed by atoms with Gasteiger partial charge < -0.3 is 20.1 Å². The van der Waals surface area contributed by atoms with E-state index in [1.807, 2.05) is 31.2 Å². The second kappa shape index (κ2) is 9.10. The molecule has 0 saturated heterocycles. The Morgan fingerprint density at radius 3 is 2.64 bits per heavy atom. The van der Waals surface area contributed by atoms with E-state index in [9.17, 15) is 4.79 Å². The summed E-state index contributed by atoms with van der Waals surface area (Å²) in [6, 6.07) is 14.3. The molecule has 0 aliphatic carbocycles. The van der Waals surface area contributed by atoms with Crippen LogP contribution >= 0.6 is 11.6 Å². The van der Waals surface area contributed by atoms with Gasteiger partial charge in [-0.15, -0.1) is 0 Å². The maximum Gasteiger partial charge on any atom is 0.257 e. The molecule has 0 bridgehead atoms. The zero-order valence-electron chi connectivity index (χ0n) is 15.5. The van der Waals surface area contributed by atoms with Crippen LogP contribution in [0.4, 0.5) is 17.1 Å². The first kappa shape index (κ1) is 19.5. The number of para-hydroxylation sites is 2. The fourth-order valence-corrected chi connectivity index (χ4v) is 2.84. The summed E-state index contributed by atoms with van der Waals surface area (Å²) in [5.74, 6) is 0.976. The van der Waals surface area contributed by atoms with Crippen LogP contribution in [0.25, 0.3) is 0 Å². The summed E-state index contributed by atoms with van der Waals surface area (Å²) in [7, 11) is 1.54. The molecule has 1 heterocycles. The summed E-state index contributed by atoms with van der Waals surface area (Å²) in [6.45, 7) is 2.48. The predicted molar refractivity (Wildman–Crippen MR) is 111 cm³/mol. The second-order valence-electron chi connectivity index (χ2n) is 5.82. The molecular weight excluding hydrogens is 378 g/mol. The molecule has 1 amide bonds. The SMILES string of the molecule is CCOc1ccccc1Nc1cncc(C(=O)Nc2ccc(OC)c(Cl)c2)c1. The number of carbonyl (C=O) groups is 1. The number of carbonyl (C=O) groups excluding carboxylic acids is 1. The van der Waals surface area contributed by atoms with Crippen molar-refractivity contribution in [1.29, 1.82) is 0 Å². The van der Waals surface area contributed by atoms with Crippen LogP contribution in [0.5, 0.6) is 11.5 Å². The van der Waals surface area contributed by atoms with Crippen LogP contribution in [0.3, 0.4) is 0 Å². The molecule has 2 N–H and O–H groups in total. The number of hydrogen-bond donors (Lipinski definition) is 2. The molecule has 0 fully saturated rings. The van der Waals surface area contributed by atoms with Crippen molar-refractivity contribution in [3.63, 3.8) is 0 Å². The van der Waals surface area contributed by atoms with Crippen molar-refractivity contribution in [2.45, 2.75) is 6.92 Å². The number of nitrogens with zero attached hydrogens (tertiary/aromatic N) is 1. The van der Waals surface area contributed by atoms with Crippen molar-refractivity contribution >= 4 is 34.6 Å². The number of amides is 1. The van der Waals surface area contributed by atoms with E-state index in [2.05, 4.69) is 15.6 Å². The third kappa shape index (κ3) is 4.72. The van der Waals surface area contributed by atoms with Gasteiger partial charge in [-0.05, 0) is 43.3 Å². The van der Waals surface area contributed by atoms with Gasteiger partial charge in [-0.1, -0.05) is 23.7 Å². The first-order valence-corrected chi connectivity index (χ1v) is 9.07. The van der Waals surface area contributed by atoms with E-state index in [-0.39, 0.29) is 5.91 Å². The van der Waals surface area contributed by atoms with E-state index in [0.717, 1.165) is 11.4 Å². The third-order valence-corrected chi connectivity index (χ3v) is 4.17. The molecule has 6 nitrogen and oxygen atoms in total. The molecule has 2 aromatic carbocycles. The number of halogens is 1. The van der Waals surface area contributed by atoms with Gasteiger partial charge in [0, 0.05) is 11.9 Å². The summed E-state index contributed by atoms with van der Waals surface area (Å²) >= 11 is 6.10. The number of hydrogen-bond acceptors (Lipinski definition) is 5. The maximum atomic E-state index is 12.6. The lowest BCUT2D eigenvalue weighted by molar-refractivity contribution is 0.102. The Bertz CT molecular complexity index is 979. The van der Waals surface area contributed by atoms with Gasteiger partial charge in [0.15, 0.2) is 0 Å². The fourth-order valence-electron chi connectivity index (χ4n) is 2.59. The average molecular weight is 398 g/mol. The van der Waals surface area contributed by atoms with Gasteiger partial charge >= 0.3 is 0 Å². The molecule has 0 unspecified atom stereocenters. The number of aromatic nitrogens is 1. The number of benzene rings is 2. The van der Waals surface area contributed by atoms with Crippen molar-refractivity contribution in [3.8, 4) is 11.5 Å². The molecule has 28 heavy (non-hydrogen) atoms. The van der Waals surface area contributed by atoms with Crippen LogP contribution in [0.1, 0.15) is 17.3 Å². The van der Waals surface area contributed by atoms with Crippen molar-refractivity contribution in [3.05, 3.63) is 71.5 Å². The Morgan fingerprint density at radius 1 is 1.07 bits per heavy atom. The quantitative estimate of drug-likeness (QED) is 0.577. The number of methoxy groups -OCH3 is 1. The number of pyridine rings is 1. The van der Waals surface area contributed by atoms with Crippen LogP contribution in [0.2, 0.25) is 5.02 Å². The summed E-state index contributed by atoms with van der Waals surface area (Å²) in [5.41, 5.74) is 2.44. The Kier molecular flexibility index (Phi) is 6.34. The highest BCUT2D eigenvalue weighted by Gasteiger charge is 2.10. The number of rotatable bonds is 7. The van der Waals surface area contributed by atoms with E-state index >= 15 is 0 Å². The highest BCUT2D eigenvalue weighted by molar-refractivity contribution is 6.32. The Labute approximate surface area is 168 Å². The zero-order valence-corrected chi connectivity index (χ0v) is 16.3. The Morgan fingerprint density at radius 2 is 1.89 bits per heavy atom. The molecule has 1 aromatic heterocycles. The lowest BCUT2D eigenvalue weighted by Gasteiger charge is -2.13. The van der Waals surface area contributed by atoms with Crippen LogP contribution in [-0.4, -0.2) is 24.6 Å². The largest absolute Gasteiger partial charge is 0.495 e. The van der Waals surface area contributed by atoms with E-state index in [0.29, 0.717) is 34.3 Å². The molecule has 3 rings (SSSR count). The van der Waals surface area contributed by atoms with Gasteiger partial charge in [0.05, 0.1) is 41.9 Å². The molecule has 0 aliphatic rings. The van der Waals surface area contributed by atoms with Crippen LogP contribution in [0, 0.1) is 0 Å². The van der Waals surface area contributed by atoms with Gasteiger partial charge in [-0.25, -0.2) is 0 Å². The minimum atomic E-state index is -0.296. The summed E-state index contributed by atoms with van der Waals surface area (Å²) in [5, 5.41) is 6.46. The molecule has 3 aromatic rings. The molecule has 0 saturated carbocycles. The van der Waals surface area contributed by atoms with Crippen LogP contribution in [-0.2, 0) is 0 Å². The summed E-state index contributed by atoms with van der Waals surface area (Å²) in [6.07, 6.45) is 3.14. The first-order chi connectivity index (χ1) is 13.6. The lowest BCUT2D eigenvalue weighted by atomic mass is 10.2. The zero-order chi connectivity index (χ0) is 19.9. The summed E-state index contributed by atoms with van der Waals surface area (Å²) < 4.78 is 10.7. The van der Waals surface area contributed by atoms with Gasteiger partial charge in [0.1, 0.15) is 11.5 Å². The minimum Gasteiger partial charge on any atom is -0.495 e. The topological polar surface area (TPSA) is 72.5 Å². The van der Waals surface area contributed by atoms with Gasteiger partial charge in [0.2, 0.25) is 0 Å². The smallest absolute Gasteiger partial charge is 0.257 e. The Hall–Kier alpha value is -3.25. The maximum absolute atomic E-state index is 12.6. The monoisotopic (exact) mass is 397 g/mol. The molecule has 0 aliphatic heterocycles. The molecular formula is C21H20ClN3O3. The van der Waals surface area contributed by atoms with E-state index in [1.165, 1.54) is 13.3 Å². The Balaban J connectivity index is 1.76. The number of anilines is 3. The van der Waals surface area contributed by atoms with Gasteiger partial charge in [-0.3, -0.25) is 9.78 Å². The molecule has 144 valence electrons. The highest BCUT2D eigenvalue weighted by Crippen LogP contribution is 2.29. The van der Waals surface area contributed by atoms with Crippen LogP contribution in [0.15, 0.2) is 60.9 Å². The minimum absolute atomic E-state index is 0.296. The van der Waals surface area contributed by atoms with Crippen LogP contribution < -0.4 is 20.1 Å². The first-order valence-electron chi connectivity index (χ1n) is 8.69. The highest BCUT2D eigenvalue weighted by atomic mass is 35.5. The van der Waals surface area contributed by atoms with E-state index in [4.69, 9.17) is 21.1 Å². The van der Waals surface area contributed by atoms with Crippen molar-refractivity contribution in [1.82, 2.24) is 4.98 Å². The molecule has 0 radical (unpaired) electrons. The average Bonchev–Trinajstić information content (AvgIpc) is 2.70. The summed E-state index contributed by atoms with van der Waals surface area (Å²) in [4.78, 5) is 16.7. The second-order valence-corrected chi connectivity index (χ2v) is 6.23. The number of ether oxygens (including phenoxy) is 2. The third-order valence-electron chi connectivity index (χ3n) is 3.88. The number of nitrogens with one attached hydrogen (secondary N) is 2. The van der Waals surface area contributed by atoms with Crippen molar-refractivity contribution in [2.24, 2.45) is 0 Å². The fraction of sp³-hybridized carbons (Fsp3) is 0.143. The molecule has 7 heteroatoms. The lowest BCUT2D eigenvalue weighted by Crippen LogP contribution is -2.12. The van der Waals surface area contributed by atoms with Gasteiger partial charge in [-0.2, -0.15) is 0 Å². The van der Waals surface area contributed by atoms with Crippen molar-refractivity contribution in [2.75, 3.05) is 24.4 Å². The van der Waals surface area contributed by atoms with E-state index < -0.39 is 0 Å². The van der Waals surface area contributed by atoms with Crippen molar-refractivity contribution < 1.29 is 14.3 Å². The van der Waals surface area contributed by atoms with Gasteiger partial charge in [0.25, 0.3) is 5.91 Å². The molecule has 0 atom stereocenters. The standard InChI is InChI=1S/C21H20ClN3O3/c1-3-28-20-7-5-4-6-18(20)24-16-10-14(12-23-13-16)21(26)25-15-8-9-19(27-2)17(22)11-15/h4-13,24H,3H2,1-2H3,(H,25,26). The normalized spacial score (nSPS) is 10.2. The van der Waals surface area contributed by atoms with E-state index in [1.54, 1.807) is 30.5 Å². The molecule has 0 spiro atoms. The predicted octanol–water partition coefficient (Wildman–Crippen LogP) is 5.14.